The van der Waals surface area contributed by atoms with Crippen LogP contribution in [0, 0.1) is 0 Å². The number of carbonyl (C=O) groups is 2. The molecule has 22 heavy (non-hydrogen) atoms. The van der Waals surface area contributed by atoms with Crippen LogP contribution in [0.1, 0.15) is 13.3 Å². The maximum Gasteiger partial charge on any atom is 0.408 e. The Morgan fingerprint density at radius 2 is 1.82 bits per heavy atom. The van der Waals surface area contributed by atoms with Crippen molar-refractivity contribution in [1.29, 1.82) is 0 Å². The van der Waals surface area contributed by atoms with Gasteiger partial charge in [-0.05, 0) is 12.1 Å². The Kier molecular flexibility index (Phi) is 6.21. The number of alkyl carbamates (subject to hydrolysis) is 1. The van der Waals surface area contributed by atoms with Crippen molar-refractivity contribution in [3.8, 4) is 0 Å². The molecule has 1 N–H and O–H groups in total. The molecule has 1 aromatic rings. The topological polar surface area (TPSA) is 61.9 Å². The fourth-order valence-electron chi connectivity index (χ4n) is 2.28. The third-order valence-corrected chi connectivity index (χ3v) is 3.70. The largest absolute Gasteiger partial charge is 0.442 e. The molecule has 1 aliphatic heterocycles. The zero-order valence-electron chi connectivity index (χ0n) is 13.0. The van der Waals surface area contributed by atoms with Gasteiger partial charge in [-0.2, -0.15) is 0 Å². The molecule has 1 aliphatic rings. The zero-order chi connectivity index (χ0) is 15.8. The molecule has 6 heteroatoms. The molecule has 0 aliphatic carbocycles. The van der Waals surface area contributed by atoms with Crippen LogP contribution in [0.15, 0.2) is 30.3 Å². The number of ether oxygens (including phenoxy) is 1. The fourth-order valence-corrected chi connectivity index (χ4v) is 2.28. The van der Waals surface area contributed by atoms with Crippen molar-refractivity contribution < 1.29 is 14.3 Å². The monoisotopic (exact) mass is 305 g/mol. The van der Waals surface area contributed by atoms with Crippen LogP contribution in [-0.2, 0) is 9.53 Å². The van der Waals surface area contributed by atoms with Crippen LogP contribution < -0.4 is 10.2 Å². The molecular formula is C16H23N3O3. The van der Waals surface area contributed by atoms with Gasteiger partial charge in [0.1, 0.15) is 0 Å². The summed E-state index contributed by atoms with van der Waals surface area (Å²) in [7, 11) is 0. The zero-order valence-corrected chi connectivity index (χ0v) is 13.0. The Morgan fingerprint density at radius 1 is 1.14 bits per heavy atom. The SMILES string of the molecule is CCC(=O)COC(=O)NCN1CCN(c2ccccc2)CC1. The van der Waals surface area contributed by atoms with Crippen molar-refractivity contribution in [2.45, 2.75) is 13.3 Å². The summed E-state index contributed by atoms with van der Waals surface area (Å²) in [4.78, 5) is 27.0. The van der Waals surface area contributed by atoms with E-state index in [1.54, 1.807) is 6.92 Å². The van der Waals surface area contributed by atoms with Crippen LogP contribution in [0.4, 0.5) is 10.5 Å². The summed E-state index contributed by atoms with van der Waals surface area (Å²) in [5.41, 5.74) is 1.23. The first-order valence-electron chi connectivity index (χ1n) is 7.63. The highest BCUT2D eigenvalue weighted by Crippen LogP contribution is 2.14. The number of hydrogen-bond acceptors (Lipinski definition) is 5. The van der Waals surface area contributed by atoms with Gasteiger partial charge in [-0.25, -0.2) is 4.79 Å². The van der Waals surface area contributed by atoms with Gasteiger partial charge in [0.15, 0.2) is 12.4 Å². The molecule has 1 fully saturated rings. The molecule has 0 atom stereocenters. The molecule has 0 spiro atoms. The second-order valence-corrected chi connectivity index (χ2v) is 5.24. The third kappa shape index (κ3) is 5.04. The number of amides is 1. The molecule has 1 amide bonds. The maximum atomic E-state index is 11.5. The van der Waals surface area contributed by atoms with E-state index in [2.05, 4.69) is 27.2 Å². The number of anilines is 1. The molecule has 6 nitrogen and oxygen atoms in total. The summed E-state index contributed by atoms with van der Waals surface area (Å²) >= 11 is 0. The van der Waals surface area contributed by atoms with Crippen molar-refractivity contribution in [2.24, 2.45) is 0 Å². The average molecular weight is 305 g/mol. The second kappa shape index (κ2) is 8.38. The summed E-state index contributed by atoms with van der Waals surface area (Å²) < 4.78 is 4.84. The van der Waals surface area contributed by atoms with E-state index >= 15 is 0 Å². The van der Waals surface area contributed by atoms with E-state index in [1.807, 2.05) is 18.2 Å². The summed E-state index contributed by atoms with van der Waals surface area (Å²) in [6, 6.07) is 10.3. The quantitative estimate of drug-likeness (QED) is 0.862. The highest BCUT2D eigenvalue weighted by Gasteiger charge is 2.17. The number of carbonyl (C=O) groups excluding carboxylic acids is 2. The summed E-state index contributed by atoms with van der Waals surface area (Å²) in [5, 5.41) is 2.68. The van der Waals surface area contributed by atoms with Crippen molar-refractivity contribution in [3.05, 3.63) is 30.3 Å². The highest BCUT2D eigenvalue weighted by atomic mass is 16.6. The molecule has 1 heterocycles. The van der Waals surface area contributed by atoms with Crippen molar-refractivity contribution in [3.63, 3.8) is 0 Å². The Balaban J connectivity index is 1.65. The first-order valence-corrected chi connectivity index (χ1v) is 7.63. The lowest BCUT2D eigenvalue weighted by molar-refractivity contribution is -0.121. The van der Waals surface area contributed by atoms with E-state index in [-0.39, 0.29) is 12.4 Å². The number of ketones is 1. The second-order valence-electron chi connectivity index (χ2n) is 5.24. The van der Waals surface area contributed by atoms with E-state index in [0.29, 0.717) is 13.1 Å². The van der Waals surface area contributed by atoms with Gasteiger partial charge in [0.05, 0.1) is 6.67 Å². The molecule has 1 aromatic carbocycles. The van der Waals surface area contributed by atoms with Gasteiger partial charge < -0.3 is 15.0 Å². The Labute approximate surface area is 131 Å². The van der Waals surface area contributed by atoms with E-state index in [0.717, 1.165) is 26.2 Å². The molecule has 0 bridgehead atoms. The number of rotatable bonds is 6. The molecular weight excluding hydrogens is 282 g/mol. The fraction of sp³-hybridized carbons (Fsp3) is 0.500. The number of piperazine rings is 1. The summed E-state index contributed by atoms with van der Waals surface area (Å²) in [6.45, 7) is 5.65. The maximum absolute atomic E-state index is 11.5. The Morgan fingerprint density at radius 3 is 2.45 bits per heavy atom. The number of hydrogen-bond donors (Lipinski definition) is 1. The standard InChI is InChI=1S/C16H23N3O3/c1-2-15(20)12-22-16(21)17-13-18-8-10-19(11-9-18)14-6-4-3-5-7-14/h3-7H,2,8-13H2,1H3,(H,17,21). The minimum Gasteiger partial charge on any atom is -0.442 e. The molecule has 0 unspecified atom stereocenters. The predicted molar refractivity (Wildman–Crippen MR) is 84.9 cm³/mol. The first-order chi connectivity index (χ1) is 10.7. The third-order valence-electron chi connectivity index (χ3n) is 3.70. The van der Waals surface area contributed by atoms with Gasteiger partial charge >= 0.3 is 6.09 Å². The van der Waals surface area contributed by atoms with Crippen molar-refractivity contribution in [1.82, 2.24) is 10.2 Å². The normalized spacial score (nSPS) is 15.4. The van der Waals surface area contributed by atoms with Crippen LogP contribution in [0.3, 0.4) is 0 Å². The molecule has 1 saturated heterocycles. The van der Waals surface area contributed by atoms with E-state index in [9.17, 15) is 9.59 Å². The van der Waals surface area contributed by atoms with Gasteiger partial charge in [-0.1, -0.05) is 25.1 Å². The minimum absolute atomic E-state index is 0.0772. The number of Topliss-reactive ketones (excluding diaryl/α,β-unsaturated/α-hetero) is 1. The van der Waals surface area contributed by atoms with Crippen molar-refractivity contribution in [2.75, 3.05) is 44.4 Å². The number of nitrogens with zero attached hydrogens (tertiary/aromatic N) is 2. The Bertz CT molecular complexity index is 485. The molecule has 0 aromatic heterocycles. The minimum atomic E-state index is -0.535. The summed E-state index contributed by atoms with van der Waals surface area (Å²) in [5.74, 6) is -0.0772. The van der Waals surface area contributed by atoms with Crippen molar-refractivity contribution >= 4 is 17.6 Å². The molecule has 120 valence electrons. The lowest BCUT2D eigenvalue weighted by Crippen LogP contribution is -2.50. The van der Waals surface area contributed by atoms with Gasteiger partial charge in [0.2, 0.25) is 0 Å². The lowest BCUT2D eigenvalue weighted by Gasteiger charge is -2.35. The molecule has 2 rings (SSSR count). The van der Waals surface area contributed by atoms with Gasteiger partial charge in [0.25, 0.3) is 0 Å². The number of benzene rings is 1. The van der Waals surface area contributed by atoms with Gasteiger partial charge in [-0.3, -0.25) is 9.69 Å². The van der Waals surface area contributed by atoms with E-state index in [1.165, 1.54) is 5.69 Å². The van der Waals surface area contributed by atoms with E-state index < -0.39 is 6.09 Å². The Hall–Kier alpha value is -2.08. The average Bonchev–Trinajstić information content (AvgIpc) is 2.59. The number of nitrogens with one attached hydrogen (secondary N) is 1. The van der Waals surface area contributed by atoms with Gasteiger partial charge in [-0.15, -0.1) is 0 Å². The molecule has 0 radical (unpaired) electrons. The van der Waals surface area contributed by atoms with Crippen LogP contribution in [0.25, 0.3) is 0 Å². The number of para-hydroxylation sites is 1. The van der Waals surface area contributed by atoms with Crippen LogP contribution in [0.2, 0.25) is 0 Å². The predicted octanol–water partition coefficient (Wildman–Crippen LogP) is 1.47. The van der Waals surface area contributed by atoms with Crippen LogP contribution in [-0.4, -0.2) is 56.2 Å². The highest BCUT2D eigenvalue weighted by molar-refractivity contribution is 5.81. The first kappa shape index (κ1) is 16.3. The molecule has 0 saturated carbocycles. The van der Waals surface area contributed by atoms with E-state index in [4.69, 9.17) is 4.74 Å². The lowest BCUT2D eigenvalue weighted by atomic mass is 10.2. The summed E-state index contributed by atoms with van der Waals surface area (Å²) in [6.07, 6.45) is -0.151. The van der Waals surface area contributed by atoms with Gasteiger partial charge in [0, 0.05) is 38.3 Å². The van der Waals surface area contributed by atoms with Crippen LogP contribution in [0.5, 0.6) is 0 Å². The smallest absolute Gasteiger partial charge is 0.408 e. The van der Waals surface area contributed by atoms with Crippen LogP contribution >= 0.6 is 0 Å².